The van der Waals surface area contributed by atoms with Gasteiger partial charge in [0.1, 0.15) is 17.2 Å². The lowest BCUT2D eigenvalue weighted by molar-refractivity contribution is 0.634. The Balaban J connectivity index is 2.58. The van der Waals surface area contributed by atoms with Crippen molar-refractivity contribution in [2.45, 2.75) is 6.54 Å². The number of hydrogen-bond donors (Lipinski definition) is 1. The number of nitrogens with zero attached hydrogens (tertiary/aromatic N) is 2. The van der Waals surface area contributed by atoms with Crippen molar-refractivity contribution in [2.24, 2.45) is 0 Å². The zero-order valence-corrected chi connectivity index (χ0v) is 7.79. The number of hydrogen-bond acceptors (Lipinski definition) is 3. The lowest BCUT2D eigenvalue weighted by Gasteiger charge is -2.01. The number of halogens is 1. The smallest absolute Gasteiger partial charge is 0.149 e. The van der Waals surface area contributed by atoms with Crippen LogP contribution in [0.4, 0.5) is 4.39 Å². The minimum absolute atomic E-state index is 0.303. The Labute approximate surface area is 81.0 Å². The zero-order valence-electron chi connectivity index (χ0n) is 7.79. The van der Waals surface area contributed by atoms with Crippen molar-refractivity contribution in [1.29, 1.82) is 0 Å². The molecule has 1 aromatic carbocycles. The molecule has 4 heteroatoms. The molecule has 0 aliphatic rings. The fourth-order valence-electron chi connectivity index (χ4n) is 1.30. The van der Waals surface area contributed by atoms with E-state index < -0.39 is 0 Å². The summed E-state index contributed by atoms with van der Waals surface area (Å²) in [5.74, 6) is 0.298. The molecule has 3 nitrogen and oxygen atoms in total. The van der Waals surface area contributed by atoms with Gasteiger partial charge in [-0.3, -0.25) is 0 Å². The summed E-state index contributed by atoms with van der Waals surface area (Å²) in [4.78, 5) is 8.21. The van der Waals surface area contributed by atoms with Crippen LogP contribution in [0.25, 0.3) is 10.9 Å². The average Bonchev–Trinajstić information content (AvgIpc) is 2.20. The van der Waals surface area contributed by atoms with Crippen molar-refractivity contribution in [3.05, 3.63) is 36.0 Å². The molecule has 0 unspecified atom stereocenters. The highest BCUT2D eigenvalue weighted by Crippen LogP contribution is 2.13. The molecule has 72 valence electrons. The summed E-state index contributed by atoms with van der Waals surface area (Å²) in [5.41, 5.74) is 0.382. The van der Waals surface area contributed by atoms with Crippen molar-refractivity contribution in [3.8, 4) is 0 Å². The number of aromatic nitrogens is 2. The number of benzene rings is 1. The van der Waals surface area contributed by atoms with Crippen LogP contribution in [0.15, 0.2) is 24.4 Å². The molecule has 1 aromatic heterocycles. The fraction of sp³-hybridized carbons (Fsp3) is 0.200. The van der Waals surface area contributed by atoms with E-state index in [0.717, 1.165) is 5.39 Å². The van der Waals surface area contributed by atoms with Gasteiger partial charge in [0.2, 0.25) is 0 Å². The topological polar surface area (TPSA) is 37.8 Å². The molecule has 2 rings (SSSR count). The van der Waals surface area contributed by atoms with Crippen molar-refractivity contribution in [2.75, 3.05) is 7.05 Å². The summed E-state index contributed by atoms with van der Waals surface area (Å²) in [5, 5.41) is 3.65. The first-order valence-electron chi connectivity index (χ1n) is 4.36. The number of nitrogens with one attached hydrogen (secondary N) is 1. The molecule has 1 N–H and O–H groups in total. The Morgan fingerprint density at radius 1 is 1.43 bits per heavy atom. The SMILES string of the molecule is CNCc1ncc2cccc(F)c2n1. The molecule has 0 radical (unpaired) electrons. The molecule has 0 saturated carbocycles. The van der Waals surface area contributed by atoms with E-state index in [4.69, 9.17) is 0 Å². The predicted octanol–water partition coefficient (Wildman–Crippen LogP) is 1.49. The van der Waals surface area contributed by atoms with Gasteiger partial charge in [0, 0.05) is 11.6 Å². The van der Waals surface area contributed by atoms with E-state index in [1.165, 1.54) is 6.07 Å². The Bertz CT molecular complexity index is 456. The fourth-order valence-corrected chi connectivity index (χ4v) is 1.30. The third-order valence-corrected chi connectivity index (χ3v) is 1.95. The lowest BCUT2D eigenvalue weighted by atomic mass is 10.2. The molecule has 1 heterocycles. The van der Waals surface area contributed by atoms with Crippen LogP contribution in [0, 0.1) is 5.82 Å². The second-order valence-electron chi connectivity index (χ2n) is 2.99. The summed E-state index contributed by atoms with van der Waals surface area (Å²) >= 11 is 0. The molecule has 0 bridgehead atoms. The highest BCUT2D eigenvalue weighted by atomic mass is 19.1. The third-order valence-electron chi connectivity index (χ3n) is 1.95. The van der Waals surface area contributed by atoms with Crippen molar-refractivity contribution < 1.29 is 4.39 Å². The first kappa shape index (κ1) is 9.02. The van der Waals surface area contributed by atoms with Gasteiger partial charge in [0.05, 0.1) is 6.54 Å². The highest BCUT2D eigenvalue weighted by Gasteiger charge is 2.03. The Hall–Kier alpha value is -1.55. The second kappa shape index (κ2) is 3.67. The number of rotatable bonds is 2. The van der Waals surface area contributed by atoms with E-state index in [2.05, 4.69) is 15.3 Å². The van der Waals surface area contributed by atoms with Gasteiger partial charge in [-0.2, -0.15) is 0 Å². The summed E-state index contributed by atoms with van der Waals surface area (Å²) < 4.78 is 13.3. The summed E-state index contributed by atoms with van der Waals surface area (Å²) in [6, 6.07) is 4.85. The predicted molar refractivity (Wildman–Crippen MR) is 52.3 cm³/mol. The van der Waals surface area contributed by atoms with E-state index in [1.807, 2.05) is 0 Å². The Morgan fingerprint density at radius 3 is 3.07 bits per heavy atom. The quantitative estimate of drug-likeness (QED) is 0.781. The van der Waals surface area contributed by atoms with Crippen LogP contribution >= 0.6 is 0 Å². The summed E-state index contributed by atoms with van der Waals surface area (Å²) in [7, 11) is 1.80. The van der Waals surface area contributed by atoms with Gasteiger partial charge in [-0.05, 0) is 13.1 Å². The van der Waals surface area contributed by atoms with E-state index in [0.29, 0.717) is 17.9 Å². The van der Waals surface area contributed by atoms with Gasteiger partial charge in [-0.15, -0.1) is 0 Å². The molecule has 0 atom stereocenters. The first-order chi connectivity index (χ1) is 6.81. The molecule has 0 aliphatic heterocycles. The van der Waals surface area contributed by atoms with Crippen molar-refractivity contribution in [3.63, 3.8) is 0 Å². The Kier molecular flexibility index (Phi) is 2.37. The van der Waals surface area contributed by atoms with Gasteiger partial charge in [-0.1, -0.05) is 12.1 Å². The molecule has 0 aliphatic carbocycles. The zero-order chi connectivity index (χ0) is 9.97. The maximum atomic E-state index is 13.3. The van der Waals surface area contributed by atoms with E-state index in [-0.39, 0.29) is 5.82 Å². The molecular formula is C10H10FN3. The normalized spacial score (nSPS) is 10.7. The summed E-state index contributed by atoms with van der Waals surface area (Å²) in [6.07, 6.45) is 1.64. The second-order valence-corrected chi connectivity index (χ2v) is 2.99. The van der Waals surface area contributed by atoms with Crippen LogP contribution in [0.3, 0.4) is 0 Å². The lowest BCUT2D eigenvalue weighted by Crippen LogP contribution is -2.09. The van der Waals surface area contributed by atoms with Crippen LogP contribution in [-0.2, 0) is 6.54 Å². The molecular weight excluding hydrogens is 181 g/mol. The average molecular weight is 191 g/mol. The largest absolute Gasteiger partial charge is 0.313 e. The van der Waals surface area contributed by atoms with Gasteiger partial charge in [0.15, 0.2) is 0 Å². The van der Waals surface area contributed by atoms with Gasteiger partial charge < -0.3 is 5.32 Å². The molecule has 0 fully saturated rings. The monoisotopic (exact) mass is 191 g/mol. The summed E-state index contributed by atoms with van der Waals surface area (Å²) in [6.45, 7) is 0.546. The van der Waals surface area contributed by atoms with Crippen LogP contribution < -0.4 is 5.32 Å². The maximum absolute atomic E-state index is 13.3. The van der Waals surface area contributed by atoms with E-state index in [1.54, 1.807) is 25.4 Å². The van der Waals surface area contributed by atoms with Gasteiger partial charge >= 0.3 is 0 Å². The minimum Gasteiger partial charge on any atom is -0.313 e. The Morgan fingerprint density at radius 2 is 2.29 bits per heavy atom. The van der Waals surface area contributed by atoms with Crippen LogP contribution in [0.2, 0.25) is 0 Å². The highest BCUT2D eigenvalue weighted by molar-refractivity contribution is 5.77. The van der Waals surface area contributed by atoms with Crippen LogP contribution in [0.1, 0.15) is 5.82 Å². The van der Waals surface area contributed by atoms with Gasteiger partial charge in [0.25, 0.3) is 0 Å². The first-order valence-corrected chi connectivity index (χ1v) is 4.36. The van der Waals surface area contributed by atoms with E-state index >= 15 is 0 Å². The van der Waals surface area contributed by atoms with Gasteiger partial charge in [-0.25, -0.2) is 14.4 Å². The molecule has 0 spiro atoms. The minimum atomic E-state index is -0.303. The van der Waals surface area contributed by atoms with Crippen molar-refractivity contribution >= 4 is 10.9 Å². The molecule has 2 aromatic rings. The molecule has 14 heavy (non-hydrogen) atoms. The van der Waals surface area contributed by atoms with Crippen LogP contribution in [-0.4, -0.2) is 17.0 Å². The van der Waals surface area contributed by atoms with Crippen molar-refractivity contribution in [1.82, 2.24) is 15.3 Å². The molecule has 0 saturated heterocycles. The number of para-hydroxylation sites is 1. The molecule has 0 amide bonds. The van der Waals surface area contributed by atoms with Crippen LogP contribution in [0.5, 0.6) is 0 Å². The standard InChI is InChI=1S/C10H10FN3/c1-12-6-9-13-5-7-3-2-4-8(11)10(7)14-9/h2-5,12H,6H2,1H3. The maximum Gasteiger partial charge on any atom is 0.149 e. The number of fused-ring (bicyclic) bond motifs is 1. The third kappa shape index (κ3) is 1.56. The van der Waals surface area contributed by atoms with E-state index in [9.17, 15) is 4.39 Å².